The van der Waals surface area contributed by atoms with E-state index in [4.69, 9.17) is 23.2 Å². The molecule has 0 saturated carbocycles. The Morgan fingerprint density at radius 1 is 1.06 bits per heavy atom. The van der Waals surface area contributed by atoms with Gasteiger partial charge in [-0.15, -0.1) is 0 Å². The maximum absolute atomic E-state index is 9.72. The molecule has 1 unspecified atom stereocenters. The first kappa shape index (κ1) is 13.8. The van der Waals surface area contributed by atoms with Gasteiger partial charge >= 0.3 is 0 Å². The van der Waals surface area contributed by atoms with E-state index in [2.05, 4.69) is 0 Å². The van der Waals surface area contributed by atoms with Crippen molar-refractivity contribution in [3.63, 3.8) is 0 Å². The molecule has 1 N–H and O–H groups in total. The molecule has 2 rings (SSSR count). The Labute approximate surface area is 121 Å². The molecule has 2 aromatic rings. The van der Waals surface area contributed by atoms with E-state index in [1.165, 1.54) is 0 Å². The number of hydrogen-bond acceptors (Lipinski definition) is 2. The van der Waals surface area contributed by atoms with Gasteiger partial charge in [0.15, 0.2) is 0 Å². The Morgan fingerprint density at radius 3 is 2.44 bits per heavy atom. The van der Waals surface area contributed by atoms with Crippen LogP contribution >= 0.6 is 35.0 Å². The minimum absolute atomic E-state index is 0.489. The van der Waals surface area contributed by atoms with Gasteiger partial charge in [0.25, 0.3) is 0 Å². The molecule has 4 heteroatoms. The SMILES string of the molecule is CC(O)c1ccccc1Sc1ccc(Cl)c(Cl)c1. The lowest BCUT2D eigenvalue weighted by Crippen LogP contribution is -1.93. The fourth-order valence-corrected chi connectivity index (χ4v) is 3.02. The van der Waals surface area contributed by atoms with E-state index in [-0.39, 0.29) is 0 Å². The molecule has 0 spiro atoms. The minimum atomic E-state index is -0.489. The molecule has 1 atom stereocenters. The highest BCUT2D eigenvalue weighted by atomic mass is 35.5. The van der Waals surface area contributed by atoms with Crippen LogP contribution in [0, 0.1) is 0 Å². The van der Waals surface area contributed by atoms with E-state index in [1.807, 2.05) is 36.4 Å². The van der Waals surface area contributed by atoms with Gasteiger partial charge in [0.2, 0.25) is 0 Å². The second-order valence-corrected chi connectivity index (χ2v) is 5.82. The number of hydrogen-bond donors (Lipinski definition) is 1. The van der Waals surface area contributed by atoms with Crippen LogP contribution in [0.1, 0.15) is 18.6 Å². The minimum Gasteiger partial charge on any atom is -0.389 e. The molecular weight excluding hydrogens is 287 g/mol. The van der Waals surface area contributed by atoms with Crippen molar-refractivity contribution in [2.24, 2.45) is 0 Å². The highest BCUT2D eigenvalue weighted by Crippen LogP contribution is 2.35. The molecular formula is C14H12Cl2OS. The van der Waals surface area contributed by atoms with Crippen LogP contribution in [0.2, 0.25) is 10.0 Å². The Hall–Kier alpha value is -0.670. The number of rotatable bonds is 3. The lowest BCUT2D eigenvalue weighted by atomic mass is 10.1. The molecule has 94 valence electrons. The van der Waals surface area contributed by atoms with E-state index >= 15 is 0 Å². The summed E-state index contributed by atoms with van der Waals surface area (Å²) >= 11 is 13.4. The van der Waals surface area contributed by atoms with Gasteiger partial charge in [-0.25, -0.2) is 0 Å². The summed E-state index contributed by atoms with van der Waals surface area (Å²) in [6.07, 6.45) is -0.489. The van der Waals surface area contributed by atoms with E-state index in [0.29, 0.717) is 10.0 Å². The molecule has 18 heavy (non-hydrogen) atoms. The van der Waals surface area contributed by atoms with Crippen molar-refractivity contribution in [3.05, 3.63) is 58.1 Å². The molecule has 0 saturated heterocycles. The van der Waals surface area contributed by atoms with Gasteiger partial charge < -0.3 is 5.11 Å². The van der Waals surface area contributed by atoms with E-state index in [9.17, 15) is 5.11 Å². The number of benzene rings is 2. The molecule has 0 aliphatic heterocycles. The van der Waals surface area contributed by atoms with Gasteiger partial charge in [-0.1, -0.05) is 53.2 Å². The number of halogens is 2. The summed E-state index contributed by atoms with van der Waals surface area (Å²) in [7, 11) is 0. The van der Waals surface area contributed by atoms with Crippen LogP contribution in [0.15, 0.2) is 52.3 Å². The molecule has 0 bridgehead atoms. The van der Waals surface area contributed by atoms with Gasteiger partial charge in [-0.2, -0.15) is 0 Å². The maximum atomic E-state index is 9.72. The van der Waals surface area contributed by atoms with Crippen molar-refractivity contribution >= 4 is 35.0 Å². The molecule has 0 aliphatic carbocycles. The maximum Gasteiger partial charge on any atom is 0.0772 e. The van der Waals surface area contributed by atoms with Gasteiger partial charge in [0.05, 0.1) is 16.1 Å². The van der Waals surface area contributed by atoms with Crippen LogP contribution < -0.4 is 0 Å². The summed E-state index contributed by atoms with van der Waals surface area (Å²) in [5.74, 6) is 0. The van der Waals surface area contributed by atoms with E-state index in [0.717, 1.165) is 15.4 Å². The van der Waals surface area contributed by atoms with Crippen molar-refractivity contribution in [2.75, 3.05) is 0 Å². The summed E-state index contributed by atoms with van der Waals surface area (Å²) in [5, 5.41) is 10.8. The highest BCUT2D eigenvalue weighted by molar-refractivity contribution is 7.99. The van der Waals surface area contributed by atoms with Crippen molar-refractivity contribution in [3.8, 4) is 0 Å². The lowest BCUT2D eigenvalue weighted by Gasteiger charge is -2.11. The summed E-state index contributed by atoms with van der Waals surface area (Å²) < 4.78 is 0. The fraction of sp³-hybridized carbons (Fsp3) is 0.143. The monoisotopic (exact) mass is 298 g/mol. The van der Waals surface area contributed by atoms with E-state index in [1.54, 1.807) is 24.8 Å². The number of aliphatic hydroxyl groups is 1. The summed E-state index contributed by atoms with van der Waals surface area (Å²) in [5.41, 5.74) is 0.911. The molecule has 1 nitrogen and oxygen atoms in total. The zero-order valence-electron chi connectivity index (χ0n) is 9.73. The smallest absolute Gasteiger partial charge is 0.0772 e. The normalized spacial score (nSPS) is 12.4. The molecule has 0 aromatic heterocycles. The summed E-state index contributed by atoms with van der Waals surface area (Å²) in [6.45, 7) is 1.76. The molecule has 2 aromatic carbocycles. The van der Waals surface area contributed by atoms with Crippen LogP contribution in [-0.2, 0) is 0 Å². The first-order valence-corrected chi connectivity index (χ1v) is 7.05. The van der Waals surface area contributed by atoms with E-state index < -0.39 is 6.10 Å². The van der Waals surface area contributed by atoms with Crippen LogP contribution in [0.25, 0.3) is 0 Å². The Morgan fingerprint density at radius 2 is 1.78 bits per heavy atom. The zero-order chi connectivity index (χ0) is 13.1. The van der Waals surface area contributed by atoms with Gasteiger partial charge in [0, 0.05) is 9.79 Å². The molecule has 0 heterocycles. The van der Waals surface area contributed by atoms with Crippen LogP contribution in [-0.4, -0.2) is 5.11 Å². The average Bonchev–Trinajstić information content (AvgIpc) is 2.34. The molecule has 0 radical (unpaired) electrons. The van der Waals surface area contributed by atoms with Gasteiger partial charge in [0.1, 0.15) is 0 Å². The Kier molecular flexibility index (Phi) is 4.57. The highest BCUT2D eigenvalue weighted by Gasteiger charge is 2.09. The van der Waals surface area contributed by atoms with Crippen molar-refractivity contribution in [1.29, 1.82) is 0 Å². The summed E-state index contributed by atoms with van der Waals surface area (Å²) in [6, 6.07) is 13.3. The Bertz CT molecular complexity index is 555. The van der Waals surface area contributed by atoms with Crippen molar-refractivity contribution in [1.82, 2.24) is 0 Å². The third kappa shape index (κ3) is 3.21. The topological polar surface area (TPSA) is 20.2 Å². The first-order chi connectivity index (χ1) is 8.58. The zero-order valence-corrected chi connectivity index (χ0v) is 12.1. The third-order valence-corrected chi connectivity index (χ3v) is 4.31. The lowest BCUT2D eigenvalue weighted by molar-refractivity contribution is 0.196. The quantitative estimate of drug-likeness (QED) is 0.840. The molecule has 0 fully saturated rings. The van der Waals surface area contributed by atoms with Crippen LogP contribution in [0.3, 0.4) is 0 Å². The fourth-order valence-electron chi connectivity index (χ4n) is 1.59. The molecule has 0 aliphatic rings. The van der Waals surface area contributed by atoms with Crippen LogP contribution in [0.5, 0.6) is 0 Å². The van der Waals surface area contributed by atoms with Crippen molar-refractivity contribution < 1.29 is 5.11 Å². The second kappa shape index (κ2) is 5.98. The van der Waals surface area contributed by atoms with Gasteiger partial charge in [-0.05, 0) is 36.8 Å². The summed E-state index contributed by atoms with van der Waals surface area (Å²) in [4.78, 5) is 2.02. The third-order valence-electron chi connectivity index (χ3n) is 2.49. The van der Waals surface area contributed by atoms with Gasteiger partial charge in [-0.3, -0.25) is 0 Å². The second-order valence-electron chi connectivity index (χ2n) is 3.89. The predicted octanol–water partition coefficient (Wildman–Crippen LogP) is 5.20. The average molecular weight is 299 g/mol. The largest absolute Gasteiger partial charge is 0.389 e. The van der Waals surface area contributed by atoms with Crippen LogP contribution in [0.4, 0.5) is 0 Å². The van der Waals surface area contributed by atoms with Crippen molar-refractivity contribution in [2.45, 2.75) is 22.8 Å². The number of aliphatic hydroxyl groups excluding tert-OH is 1. The Balaban J connectivity index is 2.31. The first-order valence-electron chi connectivity index (χ1n) is 5.48. The standard InChI is InChI=1S/C14H12Cl2OS/c1-9(17)11-4-2-3-5-14(11)18-10-6-7-12(15)13(16)8-10/h2-9,17H,1H3. The predicted molar refractivity (Wildman–Crippen MR) is 77.7 cm³/mol. The molecule has 0 amide bonds.